The van der Waals surface area contributed by atoms with Crippen molar-refractivity contribution in [2.24, 2.45) is 29.6 Å². The second-order valence-corrected chi connectivity index (χ2v) is 7.06. The molecule has 6 heteroatoms. The minimum atomic E-state index is -1.06. The van der Waals surface area contributed by atoms with Crippen LogP contribution in [-0.4, -0.2) is 36.2 Å². The van der Waals surface area contributed by atoms with E-state index in [1.807, 2.05) is 27.7 Å². The van der Waals surface area contributed by atoms with E-state index < -0.39 is 35.7 Å². The van der Waals surface area contributed by atoms with Crippen LogP contribution >= 0.6 is 0 Å². The van der Waals surface area contributed by atoms with Crippen LogP contribution in [0.3, 0.4) is 0 Å². The number of rotatable bonds is 7. The number of hydrogen-bond acceptors (Lipinski definition) is 5. The molecule has 0 amide bonds. The predicted molar refractivity (Wildman–Crippen MR) is 83.6 cm³/mol. The monoisotopic (exact) mass is 328 g/mol. The molecular formula is C17H28O6. The Hall–Kier alpha value is -1.59. The van der Waals surface area contributed by atoms with Crippen molar-refractivity contribution in [1.82, 2.24) is 0 Å². The van der Waals surface area contributed by atoms with Crippen molar-refractivity contribution < 1.29 is 29.0 Å². The zero-order chi connectivity index (χ0) is 17.6. The van der Waals surface area contributed by atoms with Gasteiger partial charge in [-0.1, -0.05) is 34.1 Å². The van der Waals surface area contributed by atoms with Crippen molar-refractivity contribution in [3.8, 4) is 0 Å². The van der Waals surface area contributed by atoms with Crippen LogP contribution in [-0.2, 0) is 23.9 Å². The van der Waals surface area contributed by atoms with Crippen molar-refractivity contribution in [1.29, 1.82) is 0 Å². The maximum Gasteiger partial charge on any atom is 0.310 e. The summed E-state index contributed by atoms with van der Waals surface area (Å²) in [5, 5.41) is 9.39. The SMILES string of the molecule is CC(C)COC(=O)C1CCCC(C(=O)O)C1C(=O)OCC(C)C. The van der Waals surface area contributed by atoms with E-state index in [9.17, 15) is 19.5 Å². The summed E-state index contributed by atoms with van der Waals surface area (Å²) in [6.45, 7) is 8.12. The molecule has 23 heavy (non-hydrogen) atoms. The molecule has 0 aromatic heterocycles. The average Bonchev–Trinajstić information content (AvgIpc) is 2.49. The average molecular weight is 328 g/mol. The molecule has 1 N–H and O–H groups in total. The third-order valence-electron chi connectivity index (χ3n) is 3.91. The Kier molecular flexibility index (Phi) is 7.52. The number of carbonyl (C=O) groups excluding carboxylic acids is 2. The lowest BCUT2D eigenvalue weighted by atomic mass is 9.72. The van der Waals surface area contributed by atoms with E-state index in [2.05, 4.69) is 0 Å². The van der Waals surface area contributed by atoms with Crippen molar-refractivity contribution in [3.63, 3.8) is 0 Å². The molecule has 1 fully saturated rings. The van der Waals surface area contributed by atoms with Crippen molar-refractivity contribution >= 4 is 17.9 Å². The maximum absolute atomic E-state index is 12.4. The fraction of sp³-hybridized carbons (Fsp3) is 0.824. The minimum absolute atomic E-state index is 0.150. The first-order valence-corrected chi connectivity index (χ1v) is 8.30. The van der Waals surface area contributed by atoms with Crippen LogP contribution in [0.4, 0.5) is 0 Å². The number of aliphatic carboxylic acids is 1. The van der Waals surface area contributed by atoms with Crippen LogP contribution in [0.2, 0.25) is 0 Å². The third-order valence-corrected chi connectivity index (χ3v) is 3.91. The summed E-state index contributed by atoms with van der Waals surface area (Å²) < 4.78 is 10.5. The standard InChI is InChI=1S/C17H28O6/c1-10(2)8-22-16(20)13-7-5-6-12(15(18)19)14(13)17(21)23-9-11(3)4/h10-14H,5-9H2,1-4H3,(H,18,19). The lowest BCUT2D eigenvalue weighted by molar-refractivity contribution is -0.171. The molecule has 1 aliphatic rings. The van der Waals surface area contributed by atoms with Gasteiger partial charge in [0.1, 0.15) is 0 Å². The molecule has 1 saturated carbocycles. The van der Waals surface area contributed by atoms with E-state index in [4.69, 9.17) is 9.47 Å². The molecule has 3 atom stereocenters. The minimum Gasteiger partial charge on any atom is -0.481 e. The Morgan fingerprint density at radius 1 is 0.913 bits per heavy atom. The van der Waals surface area contributed by atoms with Gasteiger partial charge in [-0.15, -0.1) is 0 Å². The zero-order valence-corrected chi connectivity index (χ0v) is 14.4. The molecule has 3 unspecified atom stereocenters. The first kappa shape index (κ1) is 19.5. The summed E-state index contributed by atoms with van der Waals surface area (Å²) >= 11 is 0. The molecule has 6 nitrogen and oxygen atoms in total. The lowest BCUT2D eigenvalue weighted by Gasteiger charge is -2.33. The molecule has 0 aromatic carbocycles. The summed E-state index contributed by atoms with van der Waals surface area (Å²) in [6.07, 6.45) is 1.43. The first-order valence-electron chi connectivity index (χ1n) is 8.30. The van der Waals surface area contributed by atoms with E-state index in [1.165, 1.54) is 0 Å². The van der Waals surface area contributed by atoms with Gasteiger partial charge in [0, 0.05) is 0 Å². The second kappa shape index (κ2) is 8.89. The highest BCUT2D eigenvalue weighted by molar-refractivity contribution is 5.87. The second-order valence-electron chi connectivity index (χ2n) is 7.06. The maximum atomic E-state index is 12.4. The largest absolute Gasteiger partial charge is 0.481 e. The van der Waals surface area contributed by atoms with Gasteiger partial charge in [0.15, 0.2) is 0 Å². The summed E-state index contributed by atoms with van der Waals surface area (Å²) in [7, 11) is 0. The van der Waals surface area contributed by atoms with Crippen LogP contribution in [0.25, 0.3) is 0 Å². The van der Waals surface area contributed by atoms with Crippen LogP contribution in [0.1, 0.15) is 47.0 Å². The molecule has 0 radical (unpaired) electrons. The molecule has 0 heterocycles. The molecule has 0 saturated heterocycles. The summed E-state index contributed by atoms with van der Waals surface area (Å²) in [5.74, 6) is -4.39. The molecule has 0 aromatic rings. The molecule has 0 bridgehead atoms. The van der Waals surface area contributed by atoms with Gasteiger partial charge in [0.05, 0.1) is 31.0 Å². The van der Waals surface area contributed by atoms with E-state index in [0.717, 1.165) is 0 Å². The smallest absolute Gasteiger partial charge is 0.310 e. The highest BCUT2D eigenvalue weighted by atomic mass is 16.5. The molecule has 0 aliphatic heterocycles. The lowest BCUT2D eigenvalue weighted by Crippen LogP contribution is -2.43. The molecule has 1 aliphatic carbocycles. The van der Waals surface area contributed by atoms with Gasteiger partial charge in [-0.2, -0.15) is 0 Å². The quantitative estimate of drug-likeness (QED) is 0.722. The van der Waals surface area contributed by atoms with Crippen LogP contribution in [0.15, 0.2) is 0 Å². The number of hydrogen-bond donors (Lipinski definition) is 1. The first-order chi connectivity index (χ1) is 10.7. The third kappa shape index (κ3) is 5.84. The summed E-state index contributed by atoms with van der Waals surface area (Å²) in [6, 6.07) is 0. The molecular weight excluding hydrogens is 300 g/mol. The predicted octanol–water partition coefficient (Wildman–Crippen LogP) is 2.50. The topological polar surface area (TPSA) is 89.9 Å². The van der Waals surface area contributed by atoms with Gasteiger partial charge in [-0.3, -0.25) is 14.4 Å². The van der Waals surface area contributed by atoms with Gasteiger partial charge < -0.3 is 14.6 Å². The highest BCUT2D eigenvalue weighted by Gasteiger charge is 2.47. The highest BCUT2D eigenvalue weighted by Crippen LogP contribution is 2.37. The van der Waals surface area contributed by atoms with Crippen molar-refractivity contribution in [2.45, 2.75) is 47.0 Å². The fourth-order valence-corrected chi connectivity index (χ4v) is 2.77. The number of carboxylic acids is 1. The Morgan fingerprint density at radius 2 is 1.39 bits per heavy atom. The number of esters is 2. The van der Waals surface area contributed by atoms with Crippen LogP contribution in [0, 0.1) is 29.6 Å². The normalized spacial score (nSPS) is 24.5. The Bertz CT molecular complexity index is 429. The summed E-state index contributed by atoms with van der Waals surface area (Å²) in [4.78, 5) is 36.2. The van der Waals surface area contributed by atoms with Gasteiger partial charge in [0.25, 0.3) is 0 Å². The fourth-order valence-electron chi connectivity index (χ4n) is 2.77. The van der Waals surface area contributed by atoms with Crippen molar-refractivity contribution in [3.05, 3.63) is 0 Å². The molecule has 1 rings (SSSR count). The Balaban J connectivity index is 2.88. The van der Waals surface area contributed by atoms with Crippen LogP contribution in [0.5, 0.6) is 0 Å². The molecule has 0 spiro atoms. The molecule has 132 valence electrons. The number of carbonyl (C=O) groups is 3. The summed E-state index contributed by atoms with van der Waals surface area (Å²) in [5.41, 5.74) is 0. The van der Waals surface area contributed by atoms with Gasteiger partial charge in [-0.05, 0) is 24.7 Å². The van der Waals surface area contributed by atoms with Gasteiger partial charge >= 0.3 is 17.9 Å². The van der Waals surface area contributed by atoms with E-state index >= 15 is 0 Å². The van der Waals surface area contributed by atoms with Gasteiger partial charge in [-0.25, -0.2) is 0 Å². The number of ether oxygens (including phenoxy) is 2. The zero-order valence-electron chi connectivity index (χ0n) is 14.4. The Labute approximate surface area is 137 Å². The Morgan fingerprint density at radius 3 is 1.87 bits per heavy atom. The van der Waals surface area contributed by atoms with Gasteiger partial charge in [0.2, 0.25) is 0 Å². The van der Waals surface area contributed by atoms with Crippen LogP contribution < -0.4 is 0 Å². The van der Waals surface area contributed by atoms with E-state index in [-0.39, 0.29) is 25.0 Å². The number of carboxylic acid groups (broad SMARTS) is 1. The van der Waals surface area contributed by atoms with E-state index in [1.54, 1.807) is 0 Å². The van der Waals surface area contributed by atoms with E-state index in [0.29, 0.717) is 19.3 Å². The van der Waals surface area contributed by atoms with Crippen molar-refractivity contribution in [2.75, 3.05) is 13.2 Å².